The number of amides is 1. The Morgan fingerprint density at radius 2 is 1.41 bits per heavy atom. The molecule has 5 rings (SSSR count). The SMILES string of the molecule is CC(C)(CC(=O)OC1CCC2(C)C(CCC3(C)C2CCC2(N)C4CCCC4(C(N)=O)CCC32)C1(C)C)C(=O)O. The fraction of sp³-hybridized carbons (Fsp3) is 0.906. The molecule has 0 aromatic heterocycles. The first-order valence-corrected chi connectivity index (χ1v) is 15.5. The lowest BCUT2D eigenvalue weighted by atomic mass is 9.35. The van der Waals surface area contributed by atoms with Gasteiger partial charge in [-0.2, -0.15) is 0 Å². The minimum atomic E-state index is -1.14. The quantitative estimate of drug-likeness (QED) is 0.395. The van der Waals surface area contributed by atoms with E-state index in [0.717, 1.165) is 70.6 Å². The number of esters is 1. The molecule has 5 aliphatic rings. The van der Waals surface area contributed by atoms with Crippen LogP contribution in [0.5, 0.6) is 0 Å². The molecular weight excluding hydrogens is 492 g/mol. The molecule has 5 N–H and O–H groups in total. The maximum Gasteiger partial charge on any atom is 0.309 e. The van der Waals surface area contributed by atoms with Gasteiger partial charge in [-0.05, 0) is 113 Å². The zero-order valence-electron chi connectivity index (χ0n) is 25.1. The Bertz CT molecular complexity index is 1060. The zero-order valence-corrected chi connectivity index (χ0v) is 25.1. The van der Waals surface area contributed by atoms with Gasteiger partial charge in [0.25, 0.3) is 0 Å². The number of ether oxygens (including phenoxy) is 1. The van der Waals surface area contributed by atoms with E-state index in [4.69, 9.17) is 16.2 Å². The van der Waals surface area contributed by atoms with Crippen molar-refractivity contribution in [2.75, 3.05) is 0 Å². The predicted octanol–water partition coefficient (Wildman–Crippen LogP) is 5.43. The van der Waals surface area contributed by atoms with Crippen LogP contribution in [-0.4, -0.2) is 34.6 Å². The second-order valence-corrected chi connectivity index (χ2v) is 16.1. The van der Waals surface area contributed by atoms with Gasteiger partial charge in [0.1, 0.15) is 6.10 Å². The number of carboxylic acid groups (broad SMARTS) is 1. The Balaban J connectivity index is 1.38. The number of hydrogen-bond donors (Lipinski definition) is 3. The number of rotatable bonds is 5. The molecule has 220 valence electrons. The highest BCUT2D eigenvalue weighted by atomic mass is 16.5. The van der Waals surface area contributed by atoms with Crippen LogP contribution in [0.2, 0.25) is 0 Å². The summed E-state index contributed by atoms with van der Waals surface area (Å²) in [6.07, 6.45) is 10.5. The normalized spacial score (nSPS) is 46.7. The Kier molecular flexibility index (Phi) is 6.62. The molecule has 0 radical (unpaired) electrons. The number of aliphatic carboxylic acids is 1. The Morgan fingerprint density at radius 1 is 0.821 bits per heavy atom. The molecule has 7 nitrogen and oxygen atoms in total. The maximum atomic E-state index is 12.9. The largest absolute Gasteiger partial charge is 0.481 e. The van der Waals surface area contributed by atoms with Gasteiger partial charge >= 0.3 is 11.9 Å². The topological polar surface area (TPSA) is 133 Å². The van der Waals surface area contributed by atoms with E-state index in [0.29, 0.717) is 17.8 Å². The third-order valence-electron chi connectivity index (χ3n) is 13.6. The van der Waals surface area contributed by atoms with Crippen LogP contribution in [0.1, 0.15) is 119 Å². The van der Waals surface area contributed by atoms with E-state index in [-0.39, 0.29) is 46.1 Å². The second-order valence-electron chi connectivity index (χ2n) is 16.1. The minimum absolute atomic E-state index is 0.119. The van der Waals surface area contributed by atoms with Gasteiger partial charge in [0.2, 0.25) is 5.91 Å². The summed E-state index contributed by atoms with van der Waals surface area (Å²) in [5, 5.41) is 9.47. The molecule has 0 aromatic carbocycles. The minimum Gasteiger partial charge on any atom is -0.481 e. The lowest BCUT2D eigenvalue weighted by molar-refractivity contribution is -0.225. The van der Waals surface area contributed by atoms with Crippen molar-refractivity contribution in [1.29, 1.82) is 0 Å². The number of primary amides is 1. The van der Waals surface area contributed by atoms with E-state index < -0.39 is 22.8 Å². The standard InChI is InChI=1S/C32H52N2O5/c1-27(2,26(37)38)18-24(35)39-23-12-15-29(5)19(28(23,3)4)9-14-30(6)20(29)11-17-32(34)21(30)10-16-31(25(33)36)13-7-8-22(31)32/h19-23H,7-18,34H2,1-6H3,(H2,33,36)(H,37,38). The van der Waals surface area contributed by atoms with Gasteiger partial charge in [0.15, 0.2) is 0 Å². The van der Waals surface area contributed by atoms with E-state index in [1.807, 2.05) is 0 Å². The van der Waals surface area contributed by atoms with E-state index in [1.165, 1.54) is 0 Å². The lowest BCUT2D eigenvalue weighted by Crippen LogP contribution is -2.72. The van der Waals surface area contributed by atoms with Gasteiger partial charge in [-0.1, -0.05) is 34.1 Å². The first-order valence-electron chi connectivity index (χ1n) is 15.5. The number of hydrogen-bond acceptors (Lipinski definition) is 5. The van der Waals surface area contributed by atoms with Gasteiger partial charge in [-0.15, -0.1) is 0 Å². The number of carboxylic acids is 1. The van der Waals surface area contributed by atoms with Crippen LogP contribution in [-0.2, 0) is 19.1 Å². The molecule has 5 aliphatic carbocycles. The molecule has 5 saturated carbocycles. The summed E-state index contributed by atoms with van der Waals surface area (Å²) in [7, 11) is 0. The highest BCUT2D eigenvalue weighted by Crippen LogP contribution is 2.73. The van der Waals surface area contributed by atoms with Crippen molar-refractivity contribution in [2.24, 2.45) is 62.2 Å². The molecule has 7 heteroatoms. The summed E-state index contributed by atoms with van der Waals surface area (Å²) in [6, 6.07) is 0. The van der Waals surface area contributed by atoms with Crippen molar-refractivity contribution >= 4 is 17.8 Å². The highest BCUT2D eigenvalue weighted by Gasteiger charge is 2.70. The third-order valence-corrected chi connectivity index (χ3v) is 13.6. The molecule has 0 spiro atoms. The lowest BCUT2D eigenvalue weighted by Gasteiger charge is -2.71. The number of nitrogens with two attached hydrogens (primary N) is 2. The molecule has 5 fully saturated rings. The first-order chi connectivity index (χ1) is 17.9. The molecule has 0 aliphatic heterocycles. The predicted molar refractivity (Wildman–Crippen MR) is 149 cm³/mol. The van der Waals surface area contributed by atoms with Crippen molar-refractivity contribution in [2.45, 2.75) is 130 Å². The van der Waals surface area contributed by atoms with Crippen LogP contribution < -0.4 is 11.5 Å². The summed E-state index contributed by atoms with van der Waals surface area (Å²) in [5.74, 6) is 0.0231. The van der Waals surface area contributed by atoms with Crippen LogP contribution in [0.4, 0.5) is 0 Å². The van der Waals surface area contributed by atoms with Crippen molar-refractivity contribution in [3.05, 3.63) is 0 Å². The van der Waals surface area contributed by atoms with Crippen LogP contribution in [0.25, 0.3) is 0 Å². The van der Waals surface area contributed by atoms with E-state index in [9.17, 15) is 19.5 Å². The van der Waals surface area contributed by atoms with Crippen molar-refractivity contribution in [3.8, 4) is 0 Å². The summed E-state index contributed by atoms with van der Waals surface area (Å²) in [4.78, 5) is 37.2. The van der Waals surface area contributed by atoms with E-state index >= 15 is 0 Å². The Hall–Kier alpha value is -1.63. The summed E-state index contributed by atoms with van der Waals surface area (Å²) in [6.45, 7) is 12.7. The zero-order chi connectivity index (χ0) is 28.8. The summed E-state index contributed by atoms with van der Waals surface area (Å²) in [5.41, 5.74) is 11.7. The van der Waals surface area contributed by atoms with Crippen LogP contribution in [0, 0.1) is 50.7 Å². The summed E-state index contributed by atoms with van der Waals surface area (Å²) >= 11 is 0. The van der Waals surface area contributed by atoms with E-state index in [1.54, 1.807) is 13.8 Å². The van der Waals surface area contributed by atoms with Gasteiger partial charge in [0, 0.05) is 11.0 Å². The van der Waals surface area contributed by atoms with Crippen LogP contribution >= 0.6 is 0 Å². The van der Waals surface area contributed by atoms with Crippen molar-refractivity contribution < 1.29 is 24.2 Å². The van der Waals surface area contributed by atoms with Gasteiger partial charge < -0.3 is 21.3 Å². The van der Waals surface area contributed by atoms with Crippen LogP contribution in [0.3, 0.4) is 0 Å². The first kappa shape index (κ1) is 28.9. The van der Waals surface area contributed by atoms with E-state index in [2.05, 4.69) is 27.7 Å². The average molecular weight is 545 g/mol. The van der Waals surface area contributed by atoms with Crippen molar-refractivity contribution in [3.63, 3.8) is 0 Å². The fourth-order valence-electron chi connectivity index (χ4n) is 11.7. The fourth-order valence-corrected chi connectivity index (χ4v) is 11.7. The molecule has 9 unspecified atom stereocenters. The number of carbonyl (C=O) groups is 3. The molecule has 0 aromatic rings. The molecule has 0 bridgehead atoms. The second kappa shape index (κ2) is 8.93. The van der Waals surface area contributed by atoms with Gasteiger partial charge in [-0.25, -0.2) is 0 Å². The number of carbonyl (C=O) groups excluding carboxylic acids is 2. The molecular formula is C32H52N2O5. The smallest absolute Gasteiger partial charge is 0.309 e. The number of fused-ring (bicyclic) bond motifs is 7. The van der Waals surface area contributed by atoms with Gasteiger partial charge in [-0.3, -0.25) is 14.4 Å². The molecule has 39 heavy (non-hydrogen) atoms. The van der Waals surface area contributed by atoms with Crippen LogP contribution in [0.15, 0.2) is 0 Å². The molecule has 0 heterocycles. The average Bonchev–Trinajstić information content (AvgIpc) is 3.27. The summed E-state index contributed by atoms with van der Waals surface area (Å²) < 4.78 is 6.06. The molecule has 0 saturated heterocycles. The third kappa shape index (κ3) is 3.94. The highest BCUT2D eigenvalue weighted by molar-refractivity contribution is 5.82. The monoisotopic (exact) mass is 544 g/mol. The molecule has 9 atom stereocenters. The van der Waals surface area contributed by atoms with Crippen molar-refractivity contribution in [1.82, 2.24) is 0 Å². The molecule has 1 amide bonds. The Morgan fingerprint density at radius 3 is 2.05 bits per heavy atom. The maximum absolute atomic E-state index is 12.9. The van der Waals surface area contributed by atoms with Gasteiger partial charge in [0.05, 0.1) is 17.3 Å². The Labute approximate surface area is 234 Å².